The fourth-order valence-electron chi connectivity index (χ4n) is 1.94. The van der Waals surface area contributed by atoms with Gasteiger partial charge in [0.05, 0.1) is 13.2 Å². The molecular formula is C9H16N2O3. The minimum Gasteiger partial charge on any atom is -0.352 e. The Hall–Kier alpha value is -0.490. The van der Waals surface area contributed by atoms with Crippen molar-refractivity contribution >= 4 is 5.78 Å². The highest BCUT2D eigenvalue weighted by Gasteiger charge is 2.50. The second kappa shape index (κ2) is 3.27. The lowest BCUT2D eigenvalue weighted by Crippen LogP contribution is -2.60. The number of carbonyl (C=O) groups excluding carboxylic acids is 1. The molecule has 2 aliphatic rings. The molecule has 0 spiro atoms. The predicted molar refractivity (Wildman–Crippen MR) is 49.7 cm³/mol. The van der Waals surface area contributed by atoms with Crippen molar-refractivity contribution in [1.29, 1.82) is 0 Å². The van der Waals surface area contributed by atoms with Crippen LogP contribution in [0.1, 0.15) is 13.8 Å². The van der Waals surface area contributed by atoms with E-state index in [4.69, 9.17) is 9.47 Å². The molecule has 2 unspecified atom stereocenters. The lowest BCUT2D eigenvalue weighted by atomic mass is 10.0. The van der Waals surface area contributed by atoms with Crippen LogP contribution in [0.4, 0.5) is 0 Å². The van der Waals surface area contributed by atoms with Crippen LogP contribution < -0.4 is 10.6 Å². The largest absolute Gasteiger partial charge is 0.352 e. The molecule has 0 saturated carbocycles. The summed E-state index contributed by atoms with van der Waals surface area (Å²) in [6.07, 6.45) is 0. The molecule has 2 heterocycles. The SMILES string of the molecule is CC1(C(=O)C2(C)NCCO2)NCCO1. The maximum Gasteiger partial charge on any atom is 0.225 e. The molecular weight excluding hydrogens is 184 g/mol. The first-order valence-electron chi connectivity index (χ1n) is 4.90. The first kappa shape index (κ1) is 10.0. The van der Waals surface area contributed by atoms with Gasteiger partial charge in [-0.1, -0.05) is 0 Å². The Morgan fingerprint density at radius 2 is 1.50 bits per heavy atom. The molecule has 0 aromatic rings. The zero-order valence-corrected chi connectivity index (χ0v) is 8.55. The van der Waals surface area contributed by atoms with Crippen LogP contribution in [0.25, 0.3) is 0 Å². The average Bonchev–Trinajstić information content (AvgIpc) is 2.75. The van der Waals surface area contributed by atoms with Crippen molar-refractivity contribution in [3.8, 4) is 0 Å². The van der Waals surface area contributed by atoms with Gasteiger partial charge in [0.25, 0.3) is 0 Å². The van der Waals surface area contributed by atoms with Gasteiger partial charge in [0.15, 0.2) is 11.4 Å². The van der Waals surface area contributed by atoms with Crippen LogP contribution in [0.2, 0.25) is 0 Å². The van der Waals surface area contributed by atoms with Gasteiger partial charge in [-0.05, 0) is 13.8 Å². The molecule has 0 aromatic heterocycles. The Balaban J connectivity index is 2.13. The van der Waals surface area contributed by atoms with Crippen molar-refractivity contribution in [3.63, 3.8) is 0 Å². The van der Waals surface area contributed by atoms with Crippen molar-refractivity contribution in [3.05, 3.63) is 0 Å². The first-order chi connectivity index (χ1) is 6.57. The van der Waals surface area contributed by atoms with Crippen molar-refractivity contribution in [1.82, 2.24) is 10.6 Å². The van der Waals surface area contributed by atoms with E-state index in [-0.39, 0.29) is 5.78 Å². The zero-order chi connectivity index (χ0) is 10.2. The maximum absolute atomic E-state index is 12.1. The third kappa shape index (κ3) is 1.46. The molecule has 5 heteroatoms. The van der Waals surface area contributed by atoms with Crippen LogP contribution in [0.5, 0.6) is 0 Å². The number of ether oxygens (including phenoxy) is 2. The minimum absolute atomic E-state index is 0.0833. The lowest BCUT2D eigenvalue weighted by Gasteiger charge is -2.31. The summed E-state index contributed by atoms with van der Waals surface area (Å²) in [6.45, 7) is 6.04. The fraction of sp³-hybridized carbons (Fsp3) is 0.889. The topological polar surface area (TPSA) is 59.6 Å². The standard InChI is InChI=1S/C9H16N2O3/c1-8(10-3-5-13-8)7(12)9(2)11-4-6-14-9/h10-11H,3-6H2,1-2H3. The lowest BCUT2D eigenvalue weighted by molar-refractivity contribution is -0.160. The number of ketones is 1. The van der Waals surface area contributed by atoms with Crippen molar-refractivity contribution in [2.45, 2.75) is 25.3 Å². The van der Waals surface area contributed by atoms with E-state index in [0.29, 0.717) is 26.3 Å². The highest BCUT2D eigenvalue weighted by Crippen LogP contribution is 2.23. The second-order valence-corrected chi connectivity index (χ2v) is 3.95. The molecule has 2 atom stereocenters. The molecule has 80 valence electrons. The molecule has 0 aromatic carbocycles. The zero-order valence-electron chi connectivity index (χ0n) is 8.55. The monoisotopic (exact) mass is 200 g/mol. The number of carbonyl (C=O) groups is 1. The van der Waals surface area contributed by atoms with E-state index in [1.54, 1.807) is 13.8 Å². The third-order valence-corrected chi connectivity index (χ3v) is 2.78. The summed E-state index contributed by atoms with van der Waals surface area (Å²) in [7, 11) is 0. The van der Waals surface area contributed by atoms with Gasteiger partial charge in [0.1, 0.15) is 0 Å². The summed E-state index contributed by atoms with van der Waals surface area (Å²) in [5.41, 5.74) is -1.79. The molecule has 0 aliphatic carbocycles. The van der Waals surface area contributed by atoms with Crippen molar-refractivity contribution in [2.75, 3.05) is 26.3 Å². The number of Topliss-reactive ketones (excluding diaryl/α,β-unsaturated/α-hetero) is 1. The third-order valence-electron chi connectivity index (χ3n) is 2.78. The van der Waals surface area contributed by atoms with Crippen LogP contribution in [-0.4, -0.2) is 43.5 Å². The normalized spacial score (nSPS) is 43.0. The van der Waals surface area contributed by atoms with Crippen LogP contribution in [0, 0.1) is 0 Å². The fourth-order valence-corrected chi connectivity index (χ4v) is 1.94. The van der Waals surface area contributed by atoms with E-state index in [2.05, 4.69) is 10.6 Å². The van der Waals surface area contributed by atoms with Gasteiger partial charge in [0.2, 0.25) is 5.78 Å². The van der Waals surface area contributed by atoms with Gasteiger partial charge in [-0.25, -0.2) is 0 Å². The number of hydrogen-bond donors (Lipinski definition) is 2. The van der Waals surface area contributed by atoms with E-state index < -0.39 is 11.4 Å². The molecule has 2 aliphatic heterocycles. The van der Waals surface area contributed by atoms with E-state index in [1.807, 2.05) is 0 Å². The summed E-state index contributed by atoms with van der Waals surface area (Å²) in [4.78, 5) is 12.1. The highest BCUT2D eigenvalue weighted by atomic mass is 16.6. The molecule has 5 nitrogen and oxygen atoms in total. The van der Waals surface area contributed by atoms with Crippen LogP contribution in [-0.2, 0) is 14.3 Å². The molecule has 2 N–H and O–H groups in total. The van der Waals surface area contributed by atoms with Crippen LogP contribution in [0.15, 0.2) is 0 Å². The van der Waals surface area contributed by atoms with E-state index in [9.17, 15) is 4.79 Å². The van der Waals surface area contributed by atoms with Gasteiger partial charge < -0.3 is 9.47 Å². The molecule has 2 saturated heterocycles. The summed E-state index contributed by atoms with van der Waals surface area (Å²) < 4.78 is 10.8. The van der Waals surface area contributed by atoms with E-state index >= 15 is 0 Å². The van der Waals surface area contributed by atoms with Gasteiger partial charge >= 0.3 is 0 Å². The summed E-state index contributed by atoms with van der Waals surface area (Å²) in [5, 5.41) is 6.09. The Labute approximate surface area is 83.1 Å². The van der Waals surface area contributed by atoms with Gasteiger partial charge in [-0.2, -0.15) is 0 Å². The average molecular weight is 200 g/mol. The number of hydrogen-bond acceptors (Lipinski definition) is 5. The molecule has 0 amide bonds. The predicted octanol–water partition coefficient (Wildman–Crippen LogP) is -0.772. The summed E-state index contributed by atoms with van der Waals surface area (Å²) >= 11 is 0. The Bertz CT molecular complexity index is 218. The highest BCUT2D eigenvalue weighted by molar-refractivity contribution is 5.93. The first-order valence-corrected chi connectivity index (χ1v) is 4.90. The Kier molecular flexibility index (Phi) is 2.35. The van der Waals surface area contributed by atoms with Gasteiger partial charge in [-0.15, -0.1) is 0 Å². The minimum atomic E-state index is -0.897. The van der Waals surface area contributed by atoms with Gasteiger partial charge in [0, 0.05) is 13.1 Å². The smallest absolute Gasteiger partial charge is 0.225 e. The number of rotatable bonds is 2. The molecule has 0 radical (unpaired) electrons. The van der Waals surface area contributed by atoms with E-state index in [0.717, 1.165) is 0 Å². The van der Waals surface area contributed by atoms with Gasteiger partial charge in [-0.3, -0.25) is 15.4 Å². The Morgan fingerprint density at radius 3 is 1.79 bits per heavy atom. The molecule has 2 rings (SSSR count). The molecule has 2 fully saturated rings. The van der Waals surface area contributed by atoms with Crippen LogP contribution in [0.3, 0.4) is 0 Å². The molecule has 14 heavy (non-hydrogen) atoms. The maximum atomic E-state index is 12.1. The van der Waals surface area contributed by atoms with Crippen LogP contribution >= 0.6 is 0 Å². The quantitative estimate of drug-likeness (QED) is 0.613. The van der Waals surface area contributed by atoms with Crippen molar-refractivity contribution in [2.24, 2.45) is 0 Å². The second-order valence-electron chi connectivity index (χ2n) is 3.95. The summed E-state index contributed by atoms with van der Waals surface area (Å²) in [6, 6.07) is 0. The summed E-state index contributed by atoms with van der Waals surface area (Å²) in [5.74, 6) is -0.0833. The van der Waals surface area contributed by atoms with E-state index in [1.165, 1.54) is 0 Å². The Morgan fingerprint density at radius 1 is 1.07 bits per heavy atom. The molecule has 0 bridgehead atoms. The van der Waals surface area contributed by atoms with Crippen molar-refractivity contribution < 1.29 is 14.3 Å². The number of nitrogens with one attached hydrogen (secondary N) is 2.